The highest BCUT2D eigenvalue weighted by Gasteiger charge is 2.23. The van der Waals surface area contributed by atoms with Crippen LogP contribution in [0.2, 0.25) is 0 Å². The highest BCUT2D eigenvalue weighted by molar-refractivity contribution is 7.89. The average Bonchev–Trinajstić information content (AvgIpc) is 2.60. The van der Waals surface area contributed by atoms with Gasteiger partial charge in [0.2, 0.25) is 10.0 Å². The summed E-state index contributed by atoms with van der Waals surface area (Å²) in [6.07, 6.45) is 0. The minimum Gasteiger partial charge on any atom is -0.495 e. The molecule has 0 saturated carbocycles. The molecule has 0 aliphatic carbocycles. The molecule has 0 aliphatic heterocycles. The minimum atomic E-state index is -3.73. The lowest BCUT2D eigenvalue weighted by Gasteiger charge is -2.15. The number of benzene rings is 2. The zero-order valence-corrected chi connectivity index (χ0v) is 16.5. The molecule has 0 unspecified atom stereocenters. The predicted octanol–water partition coefficient (Wildman–Crippen LogP) is 2.49. The lowest BCUT2D eigenvalue weighted by molar-refractivity contribution is 0.0950. The van der Waals surface area contributed by atoms with E-state index in [9.17, 15) is 13.2 Å². The van der Waals surface area contributed by atoms with E-state index in [2.05, 4.69) is 11.4 Å². The zero-order valence-electron chi connectivity index (χ0n) is 15.7. The molecule has 0 atom stereocenters. The Labute approximate surface area is 154 Å². The predicted molar refractivity (Wildman–Crippen MR) is 101 cm³/mol. The molecule has 1 amide bonds. The molecule has 7 heteroatoms. The van der Waals surface area contributed by atoms with Crippen molar-refractivity contribution in [1.29, 1.82) is 0 Å². The monoisotopic (exact) mass is 376 g/mol. The van der Waals surface area contributed by atoms with Gasteiger partial charge in [0.15, 0.2) is 0 Å². The Hall–Kier alpha value is -2.38. The lowest BCUT2D eigenvalue weighted by Crippen LogP contribution is -2.25. The summed E-state index contributed by atoms with van der Waals surface area (Å²) < 4.78 is 31.1. The molecule has 0 heterocycles. The fourth-order valence-corrected chi connectivity index (χ4v) is 3.61. The van der Waals surface area contributed by atoms with Gasteiger partial charge in [0.1, 0.15) is 10.6 Å². The highest BCUT2D eigenvalue weighted by Crippen LogP contribution is 2.27. The fourth-order valence-electron chi connectivity index (χ4n) is 2.54. The van der Waals surface area contributed by atoms with E-state index >= 15 is 0 Å². The summed E-state index contributed by atoms with van der Waals surface area (Å²) in [5, 5.41) is 2.83. The Morgan fingerprint density at radius 3 is 2.38 bits per heavy atom. The molecule has 2 aromatic carbocycles. The maximum absolute atomic E-state index is 12.5. The van der Waals surface area contributed by atoms with Gasteiger partial charge in [-0.1, -0.05) is 23.8 Å². The summed E-state index contributed by atoms with van der Waals surface area (Å²) in [5.74, 6) is -0.146. The molecular formula is C19H24N2O4S. The zero-order chi connectivity index (χ0) is 19.5. The Balaban J connectivity index is 2.27. The standard InChI is InChI=1S/C19H24N2O4S/c1-13-6-7-16(14(2)10-13)12-20-19(22)15-8-9-17(25-5)18(11-15)26(23,24)21(3)4/h6-11H,12H2,1-5H3,(H,20,22). The topological polar surface area (TPSA) is 75.7 Å². The van der Waals surface area contributed by atoms with Crippen LogP contribution in [0.4, 0.5) is 0 Å². The molecule has 1 N–H and O–H groups in total. The van der Waals surface area contributed by atoms with Crippen molar-refractivity contribution < 1.29 is 17.9 Å². The van der Waals surface area contributed by atoms with Gasteiger partial charge in [0, 0.05) is 26.2 Å². The van der Waals surface area contributed by atoms with Crippen LogP contribution < -0.4 is 10.1 Å². The third-order valence-electron chi connectivity index (χ3n) is 4.12. The maximum Gasteiger partial charge on any atom is 0.251 e. The Morgan fingerprint density at radius 1 is 1.12 bits per heavy atom. The van der Waals surface area contributed by atoms with Crippen LogP contribution in [0.3, 0.4) is 0 Å². The summed E-state index contributed by atoms with van der Waals surface area (Å²) in [7, 11) is 0.531. The fraction of sp³-hybridized carbons (Fsp3) is 0.316. The van der Waals surface area contributed by atoms with Crippen LogP contribution in [0.5, 0.6) is 5.75 Å². The maximum atomic E-state index is 12.5. The quantitative estimate of drug-likeness (QED) is 0.840. The first-order valence-electron chi connectivity index (χ1n) is 8.11. The van der Waals surface area contributed by atoms with Crippen molar-refractivity contribution in [2.45, 2.75) is 25.3 Å². The van der Waals surface area contributed by atoms with Gasteiger partial charge in [-0.3, -0.25) is 4.79 Å². The third kappa shape index (κ3) is 4.23. The number of nitrogens with zero attached hydrogens (tertiary/aromatic N) is 1. The Morgan fingerprint density at radius 2 is 1.81 bits per heavy atom. The third-order valence-corrected chi connectivity index (χ3v) is 5.96. The number of methoxy groups -OCH3 is 1. The summed E-state index contributed by atoms with van der Waals surface area (Å²) in [6, 6.07) is 10.4. The molecule has 2 aromatic rings. The molecule has 0 fully saturated rings. The summed E-state index contributed by atoms with van der Waals surface area (Å²) in [4.78, 5) is 12.4. The molecular weight excluding hydrogens is 352 g/mol. The van der Waals surface area contributed by atoms with Crippen molar-refractivity contribution in [3.05, 3.63) is 58.7 Å². The van der Waals surface area contributed by atoms with Gasteiger partial charge in [-0.15, -0.1) is 0 Å². The molecule has 2 rings (SSSR count). The second kappa shape index (κ2) is 7.88. The van der Waals surface area contributed by atoms with E-state index in [1.807, 2.05) is 26.0 Å². The van der Waals surface area contributed by atoms with E-state index in [1.165, 1.54) is 33.3 Å². The van der Waals surface area contributed by atoms with Gasteiger partial charge in [-0.05, 0) is 43.2 Å². The van der Waals surface area contributed by atoms with Crippen molar-refractivity contribution in [3.63, 3.8) is 0 Å². The minimum absolute atomic E-state index is 0.0378. The van der Waals surface area contributed by atoms with Gasteiger partial charge in [-0.2, -0.15) is 0 Å². The van der Waals surface area contributed by atoms with Crippen LogP contribution in [0, 0.1) is 13.8 Å². The molecule has 0 bridgehead atoms. The van der Waals surface area contributed by atoms with Crippen molar-refractivity contribution in [2.24, 2.45) is 0 Å². The van der Waals surface area contributed by atoms with Crippen LogP contribution in [0.15, 0.2) is 41.3 Å². The van der Waals surface area contributed by atoms with Crippen LogP contribution >= 0.6 is 0 Å². The Kier molecular flexibility index (Phi) is 6.05. The number of ether oxygens (including phenoxy) is 1. The van der Waals surface area contributed by atoms with E-state index in [1.54, 1.807) is 6.07 Å². The molecule has 0 saturated heterocycles. The normalized spacial score (nSPS) is 11.5. The molecule has 0 aliphatic rings. The van der Waals surface area contributed by atoms with Crippen LogP contribution in [0.25, 0.3) is 0 Å². The first-order valence-corrected chi connectivity index (χ1v) is 9.55. The van der Waals surface area contributed by atoms with Gasteiger partial charge in [0.25, 0.3) is 5.91 Å². The number of rotatable bonds is 6. The van der Waals surface area contributed by atoms with Crippen LogP contribution in [-0.2, 0) is 16.6 Å². The van der Waals surface area contributed by atoms with E-state index in [0.29, 0.717) is 6.54 Å². The van der Waals surface area contributed by atoms with Crippen LogP contribution in [0.1, 0.15) is 27.0 Å². The van der Waals surface area contributed by atoms with E-state index in [0.717, 1.165) is 21.0 Å². The summed E-state index contributed by atoms with van der Waals surface area (Å²) in [6.45, 7) is 4.37. The number of aryl methyl sites for hydroxylation is 2. The summed E-state index contributed by atoms with van der Waals surface area (Å²) >= 11 is 0. The molecule has 6 nitrogen and oxygen atoms in total. The molecule has 0 aromatic heterocycles. The number of hydrogen-bond donors (Lipinski definition) is 1. The number of carbonyl (C=O) groups excluding carboxylic acids is 1. The van der Waals surface area contributed by atoms with Crippen molar-refractivity contribution >= 4 is 15.9 Å². The Bertz CT molecular complexity index is 921. The van der Waals surface area contributed by atoms with E-state index < -0.39 is 10.0 Å². The van der Waals surface area contributed by atoms with Crippen LogP contribution in [-0.4, -0.2) is 39.8 Å². The first kappa shape index (κ1) is 19.9. The number of amides is 1. The second-order valence-corrected chi connectivity index (χ2v) is 8.39. The van der Waals surface area contributed by atoms with Gasteiger partial charge >= 0.3 is 0 Å². The van der Waals surface area contributed by atoms with Crippen molar-refractivity contribution in [3.8, 4) is 5.75 Å². The summed E-state index contributed by atoms with van der Waals surface area (Å²) in [5.41, 5.74) is 3.52. The molecule has 0 radical (unpaired) electrons. The first-order chi connectivity index (χ1) is 12.2. The number of nitrogens with one attached hydrogen (secondary N) is 1. The number of hydrogen-bond acceptors (Lipinski definition) is 4. The van der Waals surface area contributed by atoms with Gasteiger partial charge < -0.3 is 10.1 Å². The van der Waals surface area contributed by atoms with Crippen molar-refractivity contribution in [2.75, 3.05) is 21.2 Å². The van der Waals surface area contributed by atoms with E-state index in [-0.39, 0.29) is 22.1 Å². The smallest absolute Gasteiger partial charge is 0.251 e. The van der Waals surface area contributed by atoms with Gasteiger partial charge in [-0.25, -0.2) is 12.7 Å². The molecule has 0 spiro atoms. The molecule has 26 heavy (non-hydrogen) atoms. The SMILES string of the molecule is COc1ccc(C(=O)NCc2ccc(C)cc2C)cc1S(=O)(=O)N(C)C. The van der Waals surface area contributed by atoms with E-state index in [4.69, 9.17) is 4.74 Å². The highest BCUT2D eigenvalue weighted by atomic mass is 32.2. The molecule has 140 valence electrons. The lowest BCUT2D eigenvalue weighted by atomic mass is 10.1. The van der Waals surface area contributed by atoms with Gasteiger partial charge in [0.05, 0.1) is 7.11 Å². The average molecular weight is 376 g/mol. The second-order valence-electron chi connectivity index (χ2n) is 6.27. The number of carbonyl (C=O) groups is 1. The number of sulfonamides is 1. The largest absolute Gasteiger partial charge is 0.495 e. The van der Waals surface area contributed by atoms with Crippen molar-refractivity contribution in [1.82, 2.24) is 9.62 Å².